The molecule has 3 rings (SSSR count). The monoisotopic (exact) mass is 350 g/mol. The lowest BCUT2D eigenvalue weighted by Gasteiger charge is -2.32. The van der Waals surface area contributed by atoms with Gasteiger partial charge in [-0.1, -0.05) is 0 Å². The van der Waals surface area contributed by atoms with Crippen molar-refractivity contribution < 1.29 is 22.4 Å². The van der Waals surface area contributed by atoms with Gasteiger partial charge in [0.25, 0.3) is 5.91 Å². The second-order valence-corrected chi connectivity index (χ2v) is 7.39. The fourth-order valence-electron chi connectivity index (χ4n) is 2.52. The molecule has 1 unspecified atom stereocenters. The van der Waals surface area contributed by atoms with Crippen molar-refractivity contribution in [3.8, 4) is 0 Å². The van der Waals surface area contributed by atoms with Crippen LogP contribution in [-0.4, -0.2) is 44.4 Å². The highest BCUT2D eigenvalue weighted by atomic mass is 32.2. The van der Waals surface area contributed by atoms with E-state index in [1.54, 1.807) is 24.3 Å². The van der Waals surface area contributed by atoms with Crippen LogP contribution in [0, 0.1) is 0 Å². The van der Waals surface area contributed by atoms with Crippen LogP contribution in [0.2, 0.25) is 0 Å². The van der Waals surface area contributed by atoms with Crippen LogP contribution in [0.3, 0.4) is 0 Å². The molecule has 1 aromatic carbocycles. The summed E-state index contributed by atoms with van der Waals surface area (Å²) in [6.07, 6.45) is 1.41. The van der Waals surface area contributed by atoms with E-state index in [1.807, 2.05) is 6.92 Å². The number of nitrogens with zero attached hydrogens (tertiary/aromatic N) is 1. The molecule has 8 heteroatoms. The van der Waals surface area contributed by atoms with Crippen molar-refractivity contribution in [2.75, 3.05) is 25.1 Å². The van der Waals surface area contributed by atoms with E-state index in [0.717, 1.165) is 0 Å². The number of sulfonamides is 1. The first kappa shape index (κ1) is 16.7. The fourth-order valence-corrected chi connectivity index (χ4v) is 4.12. The van der Waals surface area contributed by atoms with E-state index in [4.69, 9.17) is 9.15 Å². The van der Waals surface area contributed by atoms with Gasteiger partial charge in [0, 0.05) is 18.3 Å². The number of anilines is 1. The highest BCUT2D eigenvalue weighted by Gasteiger charge is 2.31. The Morgan fingerprint density at radius 2 is 2.00 bits per heavy atom. The summed E-state index contributed by atoms with van der Waals surface area (Å²) in [7, 11) is -3.58. The Hall–Kier alpha value is -2.16. The molecule has 0 aliphatic carbocycles. The second kappa shape index (κ2) is 6.76. The van der Waals surface area contributed by atoms with Crippen molar-refractivity contribution in [2.24, 2.45) is 0 Å². The summed E-state index contributed by atoms with van der Waals surface area (Å²) in [5.74, 6) is -0.203. The molecule has 1 atom stereocenters. The molecular weight excluding hydrogens is 332 g/mol. The molecule has 1 saturated heterocycles. The van der Waals surface area contributed by atoms with Gasteiger partial charge >= 0.3 is 0 Å². The number of amides is 1. The maximum absolute atomic E-state index is 12.7. The minimum atomic E-state index is -3.58. The highest BCUT2D eigenvalue weighted by Crippen LogP contribution is 2.22. The van der Waals surface area contributed by atoms with Crippen molar-refractivity contribution in [3.63, 3.8) is 0 Å². The number of ether oxygens (including phenoxy) is 1. The topological polar surface area (TPSA) is 88.9 Å². The van der Waals surface area contributed by atoms with E-state index >= 15 is 0 Å². The minimum Gasteiger partial charge on any atom is -0.459 e. The van der Waals surface area contributed by atoms with Gasteiger partial charge in [-0.3, -0.25) is 4.79 Å². The number of benzene rings is 1. The molecule has 24 heavy (non-hydrogen) atoms. The first-order valence-corrected chi connectivity index (χ1v) is 8.97. The third-order valence-corrected chi connectivity index (χ3v) is 5.80. The summed E-state index contributed by atoms with van der Waals surface area (Å²) in [5.41, 5.74) is 0.491. The zero-order valence-corrected chi connectivity index (χ0v) is 14.0. The van der Waals surface area contributed by atoms with Crippen molar-refractivity contribution in [1.29, 1.82) is 0 Å². The first-order valence-electron chi connectivity index (χ1n) is 7.53. The van der Waals surface area contributed by atoms with Gasteiger partial charge in [0.1, 0.15) is 0 Å². The van der Waals surface area contributed by atoms with Gasteiger partial charge in [-0.25, -0.2) is 8.42 Å². The van der Waals surface area contributed by atoms with E-state index in [1.165, 1.54) is 22.7 Å². The number of rotatable bonds is 4. The number of hydrogen-bond donors (Lipinski definition) is 1. The van der Waals surface area contributed by atoms with Crippen molar-refractivity contribution >= 4 is 21.6 Å². The van der Waals surface area contributed by atoms with E-state index in [-0.39, 0.29) is 16.7 Å². The number of carbonyl (C=O) groups excluding carboxylic acids is 1. The standard InChI is InChI=1S/C16H18N2O5S/c1-12-11-22-10-8-18(12)24(20,21)14-6-4-13(5-7-14)17-16(19)15-3-2-9-23-15/h2-7,9,12H,8,10-11H2,1H3,(H,17,19). The lowest BCUT2D eigenvalue weighted by Crippen LogP contribution is -2.46. The molecule has 1 aromatic heterocycles. The highest BCUT2D eigenvalue weighted by molar-refractivity contribution is 7.89. The van der Waals surface area contributed by atoms with Crippen molar-refractivity contribution in [3.05, 3.63) is 48.4 Å². The van der Waals surface area contributed by atoms with Gasteiger partial charge in [0.05, 0.1) is 24.4 Å². The first-order chi connectivity index (χ1) is 11.5. The van der Waals surface area contributed by atoms with E-state index in [0.29, 0.717) is 25.4 Å². The molecule has 1 fully saturated rings. The van der Waals surface area contributed by atoms with Crippen LogP contribution in [0.5, 0.6) is 0 Å². The molecule has 1 aliphatic rings. The molecule has 1 amide bonds. The SMILES string of the molecule is CC1COCCN1S(=O)(=O)c1ccc(NC(=O)c2ccco2)cc1. The van der Waals surface area contributed by atoms with Crippen molar-refractivity contribution in [2.45, 2.75) is 17.9 Å². The number of hydrogen-bond acceptors (Lipinski definition) is 5. The van der Waals surface area contributed by atoms with Crippen LogP contribution in [-0.2, 0) is 14.8 Å². The lowest BCUT2D eigenvalue weighted by molar-refractivity contribution is 0.0393. The Morgan fingerprint density at radius 3 is 2.62 bits per heavy atom. The average Bonchev–Trinajstić information content (AvgIpc) is 3.10. The maximum atomic E-state index is 12.7. The van der Waals surface area contributed by atoms with Crippen LogP contribution in [0.25, 0.3) is 0 Å². The predicted octanol–water partition coefficient (Wildman–Crippen LogP) is 1.94. The van der Waals surface area contributed by atoms with Gasteiger partial charge in [-0.2, -0.15) is 4.31 Å². The molecule has 2 heterocycles. The maximum Gasteiger partial charge on any atom is 0.291 e. The zero-order chi connectivity index (χ0) is 17.2. The number of carbonyl (C=O) groups is 1. The van der Waals surface area contributed by atoms with Gasteiger partial charge < -0.3 is 14.5 Å². The van der Waals surface area contributed by atoms with E-state index in [9.17, 15) is 13.2 Å². The average molecular weight is 350 g/mol. The van der Waals surface area contributed by atoms with Crippen LogP contribution < -0.4 is 5.32 Å². The van der Waals surface area contributed by atoms with E-state index < -0.39 is 15.9 Å². The minimum absolute atomic E-state index is 0.187. The molecule has 0 radical (unpaired) electrons. The van der Waals surface area contributed by atoms with Gasteiger partial charge in [0.2, 0.25) is 10.0 Å². The third-order valence-electron chi connectivity index (χ3n) is 3.77. The van der Waals surface area contributed by atoms with Gasteiger partial charge in [-0.15, -0.1) is 0 Å². The Kier molecular flexibility index (Phi) is 4.70. The molecule has 1 N–H and O–H groups in total. The molecular formula is C16H18N2O5S. The molecule has 0 bridgehead atoms. The normalized spacial score (nSPS) is 19.1. The largest absolute Gasteiger partial charge is 0.459 e. The van der Waals surface area contributed by atoms with Gasteiger partial charge in [-0.05, 0) is 43.3 Å². The van der Waals surface area contributed by atoms with Gasteiger partial charge in [0.15, 0.2) is 5.76 Å². The smallest absolute Gasteiger partial charge is 0.291 e. The molecule has 7 nitrogen and oxygen atoms in total. The third kappa shape index (κ3) is 3.35. The fraction of sp³-hybridized carbons (Fsp3) is 0.312. The number of nitrogens with one attached hydrogen (secondary N) is 1. The quantitative estimate of drug-likeness (QED) is 0.910. The summed E-state index contributed by atoms with van der Waals surface area (Å²) in [6, 6.07) is 9.03. The van der Waals surface area contributed by atoms with Crippen LogP contribution >= 0.6 is 0 Å². The zero-order valence-electron chi connectivity index (χ0n) is 13.1. The Morgan fingerprint density at radius 1 is 1.25 bits per heavy atom. The van der Waals surface area contributed by atoms with Crippen LogP contribution in [0.15, 0.2) is 52.0 Å². The predicted molar refractivity (Wildman–Crippen MR) is 87.3 cm³/mol. The second-order valence-electron chi connectivity index (χ2n) is 5.50. The Bertz CT molecular complexity index is 800. The summed E-state index contributed by atoms with van der Waals surface area (Å²) in [6.45, 7) is 2.92. The molecule has 128 valence electrons. The summed E-state index contributed by atoms with van der Waals surface area (Å²) in [5, 5.41) is 2.65. The number of morpholine rings is 1. The number of furan rings is 1. The van der Waals surface area contributed by atoms with E-state index in [2.05, 4.69) is 5.32 Å². The van der Waals surface area contributed by atoms with Crippen LogP contribution in [0.1, 0.15) is 17.5 Å². The summed E-state index contributed by atoms with van der Waals surface area (Å²) in [4.78, 5) is 12.1. The summed E-state index contributed by atoms with van der Waals surface area (Å²) < 4.78 is 37.1. The molecule has 2 aromatic rings. The lowest BCUT2D eigenvalue weighted by atomic mass is 10.3. The molecule has 0 spiro atoms. The Labute approximate surface area is 140 Å². The molecule has 1 aliphatic heterocycles. The van der Waals surface area contributed by atoms with Crippen molar-refractivity contribution in [1.82, 2.24) is 4.31 Å². The summed E-state index contributed by atoms with van der Waals surface area (Å²) >= 11 is 0. The molecule has 0 saturated carbocycles. The Balaban J connectivity index is 1.75. The van der Waals surface area contributed by atoms with Crippen LogP contribution in [0.4, 0.5) is 5.69 Å².